The lowest BCUT2D eigenvalue weighted by molar-refractivity contribution is 0.102. The fourth-order valence-corrected chi connectivity index (χ4v) is 3.11. The molecule has 0 saturated heterocycles. The summed E-state index contributed by atoms with van der Waals surface area (Å²) in [6, 6.07) is 25.1. The first-order valence-electron chi connectivity index (χ1n) is 10.9. The van der Waals surface area contributed by atoms with Gasteiger partial charge in [0.15, 0.2) is 0 Å². The summed E-state index contributed by atoms with van der Waals surface area (Å²) in [6.07, 6.45) is 2.87. The third kappa shape index (κ3) is 7.49. The summed E-state index contributed by atoms with van der Waals surface area (Å²) in [5.41, 5.74) is 2.55. The first-order chi connectivity index (χ1) is 15.1. The molecule has 0 heterocycles. The van der Waals surface area contributed by atoms with Crippen LogP contribution in [0.1, 0.15) is 42.6 Å². The maximum absolute atomic E-state index is 12.7. The van der Waals surface area contributed by atoms with E-state index in [9.17, 15) is 4.79 Å². The number of hydrogen-bond donors (Lipinski definition) is 1. The number of hydrogen-bond acceptors (Lipinski definition) is 3. The molecule has 0 fully saturated rings. The van der Waals surface area contributed by atoms with Crippen molar-refractivity contribution in [1.29, 1.82) is 0 Å². The molecule has 0 atom stereocenters. The lowest BCUT2D eigenvalue weighted by atomic mass is 10.1. The third-order valence-corrected chi connectivity index (χ3v) is 4.93. The van der Waals surface area contributed by atoms with Gasteiger partial charge in [0.2, 0.25) is 0 Å². The molecule has 0 saturated carbocycles. The molecule has 0 aliphatic heterocycles. The minimum atomic E-state index is -0.172. The van der Waals surface area contributed by atoms with Crippen LogP contribution in [0.5, 0.6) is 11.5 Å². The van der Waals surface area contributed by atoms with Crippen molar-refractivity contribution in [3.05, 3.63) is 90.0 Å². The SMILES string of the molecule is CC(C)CCOc1ccc(C(=O)Nc2ccccc2OCCCc2ccccc2)cc1. The van der Waals surface area contributed by atoms with E-state index in [2.05, 4.69) is 31.3 Å². The van der Waals surface area contributed by atoms with E-state index in [1.54, 1.807) is 12.1 Å². The monoisotopic (exact) mass is 417 g/mol. The van der Waals surface area contributed by atoms with Crippen LogP contribution in [0.4, 0.5) is 5.69 Å². The average Bonchev–Trinajstić information content (AvgIpc) is 2.78. The third-order valence-electron chi connectivity index (χ3n) is 4.93. The highest BCUT2D eigenvalue weighted by molar-refractivity contribution is 6.05. The van der Waals surface area contributed by atoms with E-state index in [1.807, 2.05) is 54.6 Å². The molecule has 0 spiro atoms. The molecule has 31 heavy (non-hydrogen) atoms. The molecule has 1 N–H and O–H groups in total. The predicted octanol–water partition coefficient (Wildman–Crippen LogP) is 6.38. The van der Waals surface area contributed by atoms with Crippen molar-refractivity contribution in [1.82, 2.24) is 0 Å². The van der Waals surface area contributed by atoms with Gasteiger partial charge in [-0.25, -0.2) is 0 Å². The first-order valence-corrected chi connectivity index (χ1v) is 10.9. The van der Waals surface area contributed by atoms with Crippen LogP contribution in [-0.2, 0) is 6.42 Å². The van der Waals surface area contributed by atoms with Gasteiger partial charge in [-0.3, -0.25) is 4.79 Å². The minimum Gasteiger partial charge on any atom is -0.494 e. The summed E-state index contributed by atoms with van der Waals surface area (Å²) in [6.45, 7) is 5.60. The summed E-state index contributed by atoms with van der Waals surface area (Å²) >= 11 is 0. The van der Waals surface area contributed by atoms with E-state index in [1.165, 1.54) is 5.56 Å². The van der Waals surface area contributed by atoms with Gasteiger partial charge in [-0.15, -0.1) is 0 Å². The largest absolute Gasteiger partial charge is 0.494 e. The molecule has 1 amide bonds. The predicted molar refractivity (Wildman–Crippen MR) is 126 cm³/mol. The highest BCUT2D eigenvalue weighted by Crippen LogP contribution is 2.25. The molecule has 3 rings (SSSR count). The van der Waals surface area contributed by atoms with E-state index < -0.39 is 0 Å². The molecule has 162 valence electrons. The average molecular weight is 418 g/mol. The van der Waals surface area contributed by atoms with E-state index in [4.69, 9.17) is 9.47 Å². The number of rotatable bonds is 11. The van der Waals surface area contributed by atoms with Crippen molar-refractivity contribution >= 4 is 11.6 Å². The first kappa shape index (κ1) is 22.4. The number of carbonyl (C=O) groups is 1. The Morgan fingerprint density at radius 2 is 1.55 bits per heavy atom. The maximum atomic E-state index is 12.7. The summed E-state index contributed by atoms with van der Waals surface area (Å²) in [5, 5.41) is 2.96. The van der Waals surface area contributed by atoms with E-state index in [0.717, 1.165) is 25.0 Å². The molecular formula is C27H31NO3. The Bertz CT molecular complexity index is 936. The quantitative estimate of drug-likeness (QED) is 0.369. The Hall–Kier alpha value is -3.27. The van der Waals surface area contributed by atoms with E-state index in [-0.39, 0.29) is 5.91 Å². The number of aryl methyl sites for hydroxylation is 1. The number of ether oxygens (including phenoxy) is 2. The van der Waals surface area contributed by atoms with Crippen LogP contribution in [0.2, 0.25) is 0 Å². The molecule has 3 aromatic rings. The van der Waals surface area contributed by atoms with Crippen LogP contribution < -0.4 is 14.8 Å². The van der Waals surface area contributed by atoms with Crippen molar-refractivity contribution in [2.24, 2.45) is 5.92 Å². The van der Waals surface area contributed by atoms with E-state index >= 15 is 0 Å². The van der Waals surface area contributed by atoms with Crippen LogP contribution in [0.25, 0.3) is 0 Å². The lowest BCUT2D eigenvalue weighted by Crippen LogP contribution is -2.13. The summed E-state index contributed by atoms with van der Waals surface area (Å²) < 4.78 is 11.7. The Labute approximate surface area is 185 Å². The minimum absolute atomic E-state index is 0.172. The van der Waals surface area contributed by atoms with Gasteiger partial charge in [0.1, 0.15) is 11.5 Å². The zero-order valence-electron chi connectivity index (χ0n) is 18.3. The van der Waals surface area contributed by atoms with Crippen molar-refractivity contribution in [2.75, 3.05) is 18.5 Å². The van der Waals surface area contributed by atoms with Crippen molar-refractivity contribution in [3.63, 3.8) is 0 Å². The van der Waals surface area contributed by atoms with Crippen LogP contribution in [0.3, 0.4) is 0 Å². The highest BCUT2D eigenvalue weighted by atomic mass is 16.5. The van der Waals surface area contributed by atoms with Crippen LogP contribution in [0.15, 0.2) is 78.9 Å². The van der Waals surface area contributed by atoms with Gasteiger partial charge >= 0.3 is 0 Å². The van der Waals surface area contributed by atoms with Crippen LogP contribution in [0, 0.1) is 5.92 Å². The van der Waals surface area contributed by atoms with Gasteiger partial charge in [-0.2, -0.15) is 0 Å². The number of nitrogens with one attached hydrogen (secondary N) is 1. The van der Waals surface area contributed by atoms with Crippen molar-refractivity contribution < 1.29 is 14.3 Å². The maximum Gasteiger partial charge on any atom is 0.255 e. The Kier molecular flexibility index (Phi) is 8.53. The number of para-hydroxylation sites is 2. The van der Waals surface area contributed by atoms with Gasteiger partial charge in [-0.1, -0.05) is 56.3 Å². The molecule has 0 radical (unpaired) electrons. The molecule has 4 heteroatoms. The fourth-order valence-electron chi connectivity index (χ4n) is 3.11. The number of benzene rings is 3. The second-order valence-corrected chi connectivity index (χ2v) is 7.94. The van der Waals surface area contributed by atoms with Gasteiger partial charge in [0.05, 0.1) is 18.9 Å². The number of amides is 1. The van der Waals surface area contributed by atoms with E-state index in [0.29, 0.717) is 36.1 Å². The lowest BCUT2D eigenvalue weighted by Gasteiger charge is -2.13. The molecule has 0 bridgehead atoms. The molecular weight excluding hydrogens is 386 g/mol. The van der Waals surface area contributed by atoms with Crippen molar-refractivity contribution in [3.8, 4) is 11.5 Å². The summed E-state index contributed by atoms with van der Waals surface area (Å²) in [4.78, 5) is 12.7. The summed E-state index contributed by atoms with van der Waals surface area (Å²) in [7, 11) is 0. The Morgan fingerprint density at radius 1 is 0.839 bits per heavy atom. The molecule has 0 aliphatic carbocycles. The molecule has 0 unspecified atom stereocenters. The van der Waals surface area contributed by atoms with Gasteiger partial charge in [-0.05, 0) is 67.1 Å². The Morgan fingerprint density at radius 3 is 2.29 bits per heavy atom. The molecule has 0 aliphatic rings. The van der Waals surface area contributed by atoms with Gasteiger partial charge < -0.3 is 14.8 Å². The number of anilines is 1. The molecule has 0 aromatic heterocycles. The van der Waals surface area contributed by atoms with Gasteiger partial charge in [0, 0.05) is 5.56 Å². The fraction of sp³-hybridized carbons (Fsp3) is 0.296. The smallest absolute Gasteiger partial charge is 0.255 e. The molecule has 4 nitrogen and oxygen atoms in total. The highest BCUT2D eigenvalue weighted by Gasteiger charge is 2.10. The normalized spacial score (nSPS) is 10.7. The number of carbonyl (C=O) groups excluding carboxylic acids is 1. The summed E-state index contributed by atoms with van der Waals surface area (Å²) in [5.74, 6) is 1.89. The zero-order chi connectivity index (χ0) is 21.9. The van der Waals surface area contributed by atoms with Crippen molar-refractivity contribution in [2.45, 2.75) is 33.1 Å². The zero-order valence-corrected chi connectivity index (χ0v) is 18.3. The topological polar surface area (TPSA) is 47.6 Å². The molecule has 3 aromatic carbocycles. The van der Waals surface area contributed by atoms with Crippen LogP contribution >= 0.6 is 0 Å². The standard InChI is InChI=1S/C27H31NO3/c1-21(2)18-20-30-24-16-14-23(15-17-24)27(29)28-25-12-6-7-13-26(25)31-19-8-11-22-9-4-3-5-10-22/h3-7,9-10,12-17,21H,8,11,18-20H2,1-2H3,(H,28,29). The van der Waals surface area contributed by atoms with Crippen LogP contribution in [-0.4, -0.2) is 19.1 Å². The van der Waals surface area contributed by atoms with Gasteiger partial charge in [0.25, 0.3) is 5.91 Å². The second kappa shape index (κ2) is 11.8. The Balaban J connectivity index is 1.51. The second-order valence-electron chi connectivity index (χ2n) is 7.94.